The number of likely N-dealkylation sites (tertiary alicyclic amines) is 1. The number of para-hydroxylation sites is 1. The van der Waals surface area contributed by atoms with Gasteiger partial charge < -0.3 is 20.1 Å². The lowest BCUT2D eigenvalue weighted by Gasteiger charge is -2.20. The lowest BCUT2D eigenvalue weighted by atomic mass is 10.1. The van der Waals surface area contributed by atoms with Crippen molar-refractivity contribution in [3.8, 4) is 22.8 Å². The van der Waals surface area contributed by atoms with Crippen molar-refractivity contribution in [3.63, 3.8) is 0 Å². The second-order valence-electron chi connectivity index (χ2n) is 10.3. The van der Waals surface area contributed by atoms with Crippen LogP contribution in [0.5, 0.6) is 11.5 Å². The molecule has 0 aliphatic carbocycles. The Morgan fingerprint density at radius 2 is 1.93 bits per heavy atom. The molecule has 2 fully saturated rings. The number of nitrogens with zero attached hydrogens (tertiary/aromatic N) is 6. The summed E-state index contributed by atoms with van der Waals surface area (Å²) in [6.07, 6.45) is 6.87. The third kappa shape index (κ3) is 5.54. The van der Waals surface area contributed by atoms with Crippen molar-refractivity contribution in [1.29, 1.82) is 0 Å². The van der Waals surface area contributed by atoms with Crippen LogP contribution in [-0.2, 0) is 9.53 Å². The van der Waals surface area contributed by atoms with Gasteiger partial charge in [0.15, 0.2) is 11.4 Å². The minimum absolute atomic E-state index is 0.0707. The van der Waals surface area contributed by atoms with Crippen LogP contribution in [-0.4, -0.2) is 81.3 Å². The highest BCUT2D eigenvalue weighted by atomic mass is 16.5. The minimum Gasteiger partial charge on any atom is -0.457 e. The standard InChI is InChI=1S/C30H33N7O3/c1-35(23-13-16-39-19-23)14-12-24(38)18-36-15-11-22(17-36)37-30-27(29(31)32-20-33-30)28(34-37)21-7-9-26(10-8-21)40-25-5-3-2-4-6-25/h2-10,12,14,20,22-23H,11,13,15-19H2,1H3,(H2,31,32,33)/b14-12+/t22-,23-/m1/s1. The van der Waals surface area contributed by atoms with E-state index < -0.39 is 0 Å². The number of anilines is 1. The third-order valence-electron chi connectivity index (χ3n) is 7.57. The molecule has 2 atom stereocenters. The minimum atomic E-state index is 0.0707. The molecule has 0 bridgehead atoms. The number of carbonyl (C=O) groups excluding carboxylic acids is 1. The molecule has 0 spiro atoms. The van der Waals surface area contributed by atoms with E-state index in [4.69, 9.17) is 20.3 Å². The number of likely N-dealkylation sites (N-methyl/N-ethyl adjacent to an activating group) is 1. The first-order chi connectivity index (χ1) is 19.5. The highest BCUT2D eigenvalue weighted by Gasteiger charge is 2.29. The maximum absolute atomic E-state index is 12.7. The molecule has 4 heterocycles. The normalized spacial score (nSPS) is 19.5. The lowest BCUT2D eigenvalue weighted by Crippen LogP contribution is -2.29. The topological polar surface area (TPSA) is 112 Å². The van der Waals surface area contributed by atoms with E-state index in [1.165, 1.54) is 6.33 Å². The first-order valence-corrected chi connectivity index (χ1v) is 13.6. The van der Waals surface area contributed by atoms with E-state index in [0.717, 1.165) is 54.1 Å². The summed E-state index contributed by atoms with van der Waals surface area (Å²) in [7, 11) is 1.99. The summed E-state index contributed by atoms with van der Waals surface area (Å²) in [6, 6.07) is 17.8. The van der Waals surface area contributed by atoms with Crippen molar-refractivity contribution in [3.05, 3.63) is 73.2 Å². The molecule has 6 rings (SSSR count). The average Bonchev–Trinajstić information content (AvgIpc) is 3.74. The second kappa shape index (κ2) is 11.4. The molecule has 40 heavy (non-hydrogen) atoms. The molecule has 2 saturated heterocycles. The quantitative estimate of drug-likeness (QED) is 0.316. The largest absolute Gasteiger partial charge is 0.457 e. The number of ether oxygens (including phenoxy) is 2. The number of carbonyl (C=O) groups is 1. The predicted molar refractivity (Wildman–Crippen MR) is 153 cm³/mol. The van der Waals surface area contributed by atoms with E-state index in [1.807, 2.05) is 72.5 Å². The summed E-state index contributed by atoms with van der Waals surface area (Å²) in [6.45, 7) is 3.37. The maximum atomic E-state index is 12.7. The van der Waals surface area contributed by atoms with Crippen molar-refractivity contribution in [2.75, 3.05) is 45.6 Å². The smallest absolute Gasteiger partial charge is 0.171 e. The van der Waals surface area contributed by atoms with Gasteiger partial charge in [0.2, 0.25) is 0 Å². The van der Waals surface area contributed by atoms with Gasteiger partial charge in [-0.25, -0.2) is 14.6 Å². The SMILES string of the molecule is CN(/C=C/C(=O)CN1CC[C@@H](n2nc(-c3ccc(Oc4ccccc4)cc3)c3c(N)ncnc32)C1)[C@@H]1CCOC1. The van der Waals surface area contributed by atoms with E-state index in [0.29, 0.717) is 37.2 Å². The second-order valence-corrected chi connectivity index (χ2v) is 10.3. The van der Waals surface area contributed by atoms with Gasteiger partial charge in [0.1, 0.15) is 29.3 Å². The lowest BCUT2D eigenvalue weighted by molar-refractivity contribution is -0.115. The Labute approximate surface area is 233 Å². The maximum Gasteiger partial charge on any atom is 0.171 e. The fraction of sp³-hybridized carbons (Fsp3) is 0.333. The Morgan fingerprint density at radius 1 is 1.12 bits per heavy atom. The monoisotopic (exact) mass is 539 g/mol. The van der Waals surface area contributed by atoms with E-state index >= 15 is 0 Å². The fourth-order valence-corrected chi connectivity index (χ4v) is 5.35. The zero-order chi connectivity index (χ0) is 27.5. The third-order valence-corrected chi connectivity index (χ3v) is 7.57. The van der Waals surface area contributed by atoms with Crippen LogP contribution < -0.4 is 10.5 Å². The van der Waals surface area contributed by atoms with Gasteiger partial charge in [-0.05, 0) is 55.3 Å². The van der Waals surface area contributed by atoms with Crippen molar-refractivity contribution in [2.24, 2.45) is 0 Å². The van der Waals surface area contributed by atoms with Gasteiger partial charge in [-0.15, -0.1) is 0 Å². The van der Waals surface area contributed by atoms with E-state index in [2.05, 4.69) is 19.8 Å². The molecule has 2 aromatic heterocycles. The Balaban J connectivity index is 1.17. The number of aromatic nitrogens is 4. The van der Waals surface area contributed by atoms with Gasteiger partial charge >= 0.3 is 0 Å². The highest BCUT2D eigenvalue weighted by Crippen LogP contribution is 2.35. The van der Waals surface area contributed by atoms with Crippen LogP contribution in [0.2, 0.25) is 0 Å². The zero-order valence-electron chi connectivity index (χ0n) is 22.5. The number of rotatable bonds is 9. The number of benzene rings is 2. The van der Waals surface area contributed by atoms with Crippen molar-refractivity contribution in [1.82, 2.24) is 29.5 Å². The Morgan fingerprint density at radius 3 is 2.70 bits per heavy atom. The molecule has 0 radical (unpaired) electrons. The van der Waals surface area contributed by atoms with E-state index in [-0.39, 0.29) is 11.8 Å². The summed E-state index contributed by atoms with van der Waals surface area (Å²) < 4.78 is 13.3. The molecule has 2 aliphatic heterocycles. The Hall–Kier alpha value is -4.28. The summed E-state index contributed by atoms with van der Waals surface area (Å²) >= 11 is 0. The number of nitrogens with two attached hydrogens (primary N) is 1. The van der Waals surface area contributed by atoms with Crippen molar-refractivity contribution in [2.45, 2.75) is 24.9 Å². The molecule has 0 unspecified atom stereocenters. The molecule has 206 valence electrons. The van der Waals surface area contributed by atoms with Gasteiger partial charge in [0.05, 0.1) is 30.6 Å². The van der Waals surface area contributed by atoms with Crippen LogP contribution in [0.4, 0.5) is 5.82 Å². The summed E-state index contributed by atoms with van der Waals surface area (Å²) in [4.78, 5) is 25.7. The molecule has 2 N–H and O–H groups in total. The van der Waals surface area contributed by atoms with Gasteiger partial charge in [-0.1, -0.05) is 18.2 Å². The number of nitrogen functional groups attached to an aromatic ring is 1. The van der Waals surface area contributed by atoms with Gasteiger partial charge in [0, 0.05) is 38.5 Å². The first kappa shape index (κ1) is 26.0. The Bertz CT molecular complexity index is 1500. The molecule has 10 nitrogen and oxygen atoms in total. The molecule has 4 aromatic rings. The van der Waals surface area contributed by atoms with Crippen LogP contribution in [0.15, 0.2) is 73.2 Å². The van der Waals surface area contributed by atoms with Crippen molar-refractivity contribution < 1.29 is 14.3 Å². The molecule has 2 aliphatic rings. The van der Waals surface area contributed by atoms with Gasteiger partial charge in [0.25, 0.3) is 0 Å². The average molecular weight is 540 g/mol. The summed E-state index contributed by atoms with van der Waals surface area (Å²) in [5.41, 5.74) is 8.66. The summed E-state index contributed by atoms with van der Waals surface area (Å²) in [5.74, 6) is 1.98. The van der Waals surface area contributed by atoms with Crippen LogP contribution in [0, 0.1) is 0 Å². The number of hydrogen-bond acceptors (Lipinski definition) is 9. The Kier molecular flexibility index (Phi) is 7.43. The van der Waals surface area contributed by atoms with E-state index in [1.54, 1.807) is 6.08 Å². The van der Waals surface area contributed by atoms with Gasteiger partial charge in [-0.3, -0.25) is 9.69 Å². The van der Waals surface area contributed by atoms with Crippen molar-refractivity contribution >= 4 is 22.6 Å². The van der Waals surface area contributed by atoms with Crippen LogP contribution in [0.1, 0.15) is 18.9 Å². The van der Waals surface area contributed by atoms with Crippen LogP contribution in [0.25, 0.3) is 22.3 Å². The molecule has 0 amide bonds. The first-order valence-electron chi connectivity index (χ1n) is 13.6. The molecule has 10 heteroatoms. The van der Waals surface area contributed by atoms with E-state index in [9.17, 15) is 4.79 Å². The molecular weight excluding hydrogens is 506 g/mol. The van der Waals surface area contributed by atoms with Gasteiger partial charge in [-0.2, -0.15) is 5.10 Å². The number of ketones is 1. The highest BCUT2D eigenvalue weighted by molar-refractivity contribution is 5.98. The summed E-state index contributed by atoms with van der Waals surface area (Å²) in [5, 5.41) is 5.71. The van der Waals surface area contributed by atoms with Crippen LogP contribution >= 0.6 is 0 Å². The zero-order valence-corrected chi connectivity index (χ0v) is 22.5. The molecule has 0 saturated carbocycles. The molecule has 2 aromatic carbocycles. The predicted octanol–water partition coefficient (Wildman–Crippen LogP) is 3.92. The molecular formula is C30H33N7O3. The number of hydrogen-bond donors (Lipinski definition) is 1. The fourth-order valence-electron chi connectivity index (χ4n) is 5.35. The van der Waals surface area contributed by atoms with Crippen LogP contribution in [0.3, 0.4) is 0 Å². The number of fused-ring (bicyclic) bond motifs is 1.